The highest BCUT2D eigenvalue weighted by Gasteiger charge is 2.28. The maximum atomic E-state index is 12.7. The van der Waals surface area contributed by atoms with Crippen molar-refractivity contribution in [1.29, 1.82) is 0 Å². The van der Waals surface area contributed by atoms with Gasteiger partial charge in [0, 0.05) is 34.5 Å². The number of furan rings is 2. The third kappa shape index (κ3) is 4.20. The smallest absolute Gasteiger partial charge is 0.287 e. The number of fused-ring (bicyclic) bond motifs is 2. The number of aryl methyl sites for hydroxylation is 3. The lowest BCUT2D eigenvalue weighted by Gasteiger charge is -2.13. The molecule has 0 unspecified atom stereocenters. The fourth-order valence-electron chi connectivity index (χ4n) is 4.42. The first-order valence-electron chi connectivity index (χ1n) is 11.0. The van der Waals surface area contributed by atoms with E-state index >= 15 is 0 Å². The van der Waals surface area contributed by atoms with Crippen LogP contribution in [0.1, 0.15) is 70.8 Å². The number of hydrogen-bond donors (Lipinski definition) is 2. The van der Waals surface area contributed by atoms with Gasteiger partial charge in [-0.05, 0) is 64.7 Å². The second-order valence-corrected chi connectivity index (χ2v) is 8.82. The Bertz CT molecular complexity index is 1230. The molecule has 0 radical (unpaired) electrons. The summed E-state index contributed by atoms with van der Waals surface area (Å²) in [5, 5.41) is 8.26. The van der Waals surface area contributed by atoms with E-state index < -0.39 is 0 Å². The zero-order valence-corrected chi connectivity index (χ0v) is 19.2. The number of benzene rings is 1. The second-order valence-electron chi connectivity index (χ2n) is 8.82. The molecule has 7 heteroatoms. The van der Waals surface area contributed by atoms with Gasteiger partial charge in [0.25, 0.3) is 5.91 Å². The SMILES string of the molecule is Cc1cc(C)c2c(CC(=O)N/N=C3\CCCc4oc(C(=O)NC(C)C)c(C)c43)coc2c1. The van der Waals surface area contributed by atoms with Crippen molar-refractivity contribution in [2.45, 2.75) is 66.3 Å². The van der Waals surface area contributed by atoms with Gasteiger partial charge < -0.3 is 14.2 Å². The predicted octanol–water partition coefficient (Wildman–Crippen LogP) is 4.49. The van der Waals surface area contributed by atoms with Crippen molar-refractivity contribution in [3.63, 3.8) is 0 Å². The average Bonchev–Trinajstić information content (AvgIpc) is 3.27. The molecule has 0 spiro atoms. The minimum absolute atomic E-state index is 0.0167. The van der Waals surface area contributed by atoms with Crippen LogP contribution in [0.3, 0.4) is 0 Å². The Morgan fingerprint density at radius 2 is 1.94 bits per heavy atom. The summed E-state index contributed by atoms with van der Waals surface area (Å²) < 4.78 is 11.5. The van der Waals surface area contributed by atoms with Gasteiger partial charge in [0.1, 0.15) is 11.3 Å². The average molecular weight is 436 g/mol. The molecule has 0 fully saturated rings. The quantitative estimate of drug-likeness (QED) is 0.577. The van der Waals surface area contributed by atoms with E-state index in [1.54, 1.807) is 6.26 Å². The van der Waals surface area contributed by atoms with Crippen LogP contribution in [-0.2, 0) is 17.6 Å². The number of nitrogens with one attached hydrogen (secondary N) is 2. The van der Waals surface area contributed by atoms with Crippen molar-refractivity contribution in [1.82, 2.24) is 10.7 Å². The van der Waals surface area contributed by atoms with E-state index in [4.69, 9.17) is 8.83 Å². The molecular weight excluding hydrogens is 406 g/mol. The molecule has 4 rings (SSSR count). The summed E-state index contributed by atoms with van der Waals surface area (Å²) in [6.07, 6.45) is 4.13. The summed E-state index contributed by atoms with van der Waals surface area (Å²) in [7, 11) is 0. The van der Waals surface area contributed by atoms with Crippen LogP contribution in [0.15, 0.2) is 32.3 Å². The number of nitrogens with zero attached hydrogens (tertiary/aromatic N) is 1. The molecule has 0 saturated heterocycles. The molecule has 2 N–H and O–H groups in total. The van der Waals surface area contributed by atoms with Crippen molar-refractivity contribution < 1.29 is 18.4 Å². The summed E-state index contributed by atoms with van der Waals surface area (Å²) in [6, 6.07) is 4.07. The number of rotatable bonds is 5. The zero-order chi connectivity index (χ0) is 23.0. The normalized spacial score (nSPS) is 14.8. The monoisotopic (exact) mass is 435 g/mol. The molecule has 0 atom stereocenters. The molecule has 0 saturated carbocycles. The Kier molecular flexibility index (Phi) is 5.91. The van der Waals surface area contributed by atoms with Crippen LogP contribution >= 0.6 is 0 Å². The summed E-state index contributed by atoms with van der Waals surface area (Å²) in [5.41, 5.74) is 8.87. The Morgan fingerprint density at radius 3 is 2.69 bits per heavy atom. The first-order chi connectivity index (χ1) is 15.2. The lowest BCUT2D eigenvalue weighted by molar-refractivity contribution is -0.120. The van der Waals surface area contributed by atoms with E-state index in [1.807, 2.05) is 40.7 Å². The van der Waals surface area contributed by atoms with Crippen LogP contribution < -0.4 is 10.7 Å². The van der Waals surface area contributed by atoms with E-state index in [0.29, 0.717) is 12.2 Å². The molecule has 0 aliphatic heterocycles. The van der Waals surface area contributed by atoms with Crippen LogP contribution in [0.25, 0.3) is 11.0 Å². The number of carbonyl (C=O) groups excluding carboxylic acids is 2. The molecule has 32 heavy (non-hydrogen) atoms. The lowest BCUT2D eigenvalue weighted by atomic mass is 9.93. The zero-order valence-electron chi connectivity index (χ0n) is 19.2. The van der Waals surface area contributed by atoms with Crippen LogP contribution in [0, 0.1) is 20.8 Å². The molecule has 3 aromatic rings. The van der Waals surface area contributed by atoms with Gasteiger partial charge in [-0.1, -0.05) is 6.07 Å². The van der Waals surface area contributed by atoms with E-state index in [0.717, 1.165) is 63.1 Å². The van der Waals surface area contributed by atoms with Gasteiger partial charge in [0.05, 0.1) is 18.4 Å². The molecular formula is C25H29N3O4. The molecule has 1 aliphatic rings. The van der Waals surface area contributed by atoms with Gasteiger partial charge in [0.2, 0.25) is 5.91 Å². The van der Waals surface area contributed by atoms with E-state index in [1.165, 1.54) is 0 Å². The molecule has 2 aromatic heterocycles. The van der Waals surface area contributed by atoms with Crippen molar-refractivity contribution >= 4 is 28.5 Å². The molecule has 1 aliphatic carbocycles. The number of amides is 2. The van der Waals surface area contributed by atoms with Gasteiger partial charge in [0.15, 0.2) is 5.76 Å². The fraction of sp³-hybridized carbons (Fsp3) is 0.400. The summed E-state index contributed by atoms with van der Waals surface area (Å²) >= 11 is 0. The highest BCUT2D eigenvalue weighted by molar-refractivity contribution is 6.06. The van der Waals surface area contributed by atoms with Crippen molar-refractivity contribution in [2.24, 2.45) is 5.10 Å². The van der Waals surface area contributed by atoms with Crippen molar-refractivity contribution in [3.8, 4) is 0 Å². The molecule has 2 heterocycles. The predicted molar refractivity (Wildman–Crippen MR) is 123 cm³/mol. The summed E-state index contributed by atoms with van der Waals surface area (Å²) in [4.78, 5) is 25.1. The lowest BCUT2D eigenvalue weighted by Crippen LogP contribution is -2.30. The van der Waals surface area contributed by atoms with Gasteiger partial charge in [-0.15, -0.1) is 0 Å². The maximum absolute atomic E-state index is 12.7. The minimum Gasteiger partial charge on any atom is -0.464 e. The van der Waals surface area contributed by atoms with Crippen LogP contribution in [0.2, 0.25) is 0 Å². The molecule has 168 valence electrons. The third-order valence-electron chi connectivity index (χ3n) is 5.71. The maximum Gasteiger partial charge on any atom is 0.287 e. The Balaban J connectivity index is 1.53. The Morgan fingerprint density at radius 1 is 1.16 bits per heavy atom. The highest BCUT2D eigenvalue weighted by atomic mass is 16.4. The Labute approximate surface area is 187 Å². The topological polar surface area (TPSA) is 96.8 Å². The summed E-state index contributed by atoms with van der Waals surface area (Å²) in [6.45, 7) is 9.72. The molecule has 2 amide bonds. The first kappa shape index (κ1) is 21.9. The fourth-order valence-corrected chi connectivity index (χ4v) is 4.42. The van der Waals surface area contributed by atoms with Crippen LogP contribution in [0.5, 0.6) is 0 Å². The second kappa shape index (κ2) is 8.65. The van der Waals surface area contributed by atoms with Crippen LogP contribution in [-0.4, -0.2) is 23.6 Å². The molecule has 1 aromatic carbocycles. The van der Waals surface area contributed by atoms with Crippen molar-refractivity contribution in [3.05, 3.63) is 57.7 Å². The third-order valence-corrected chi connectivity index (χ3v) is 5.71. The standard InChI is InChI=1S/C25H29N3O4/c1-13(2)26-25(30)24-16(5)23-18(7-6-8-19(23)32-24)27-28-21(29)11-17-12-31-20-10-14(3)9-15(4)22(17)20/h9-10,12-13H,6-8,11H2,1-5H3,(H,26,30)(H,28,29)/b27-18+. The highest BCUT2D eigenvalue weighted by Crippen LogP contribution is 2.30. The largest absolute Gasteiger partial charge is 0.464 e. The number of hydrogen-bond acceptors (Lipinski definition) is 5. The Hall–Kier alpha value is -3.35. The first-order valence-corrected chi connectivity index (χ1v) is 11.0. The van der Waals surface area contributed by atoms with Gasteiger partial charge in [-0.3, -0.25) is 9.59 Å². The van der Waals surface area contributed by atoms with Crippen molar-refractivity contribution in [2.75, 3.05) is 0 Å². The number of carbonyl (C=O) groups is 2. The van der Waals surface area contributed by atoms with Gasteiger partial charge in [-0.2, -0.15) is 5.10 Å². The van der Waals surface area contributed by atoms with E-state index in [-0.39, 0.29) is 24.3 Å². The van der Waals surface area contributed by atoms with Crippen LogP contribution in [0.4, 0.5) is 0 Å². The number of hydrazone groups is 1. The molecule has 7 nitrogen and oxygen atoms in total. The van der Waals surface area contributed by atoms with Gasteiger partial charge in [-0.25, -0.2) is 5.43 Å². The minimum atomic E-state index is -0.229. The van der Waals surface area contributed by atoms with Gasteiger partial charge >= 0.3 is 0 Å². The summed E-state index contributed by atoms with van der Waals surface area (Å²) in [5.74, 6) is 0.627. The van der Waals surface area contributed by atoms with E-state index in [2.05, 4.69) is 21.9 Å². The van der Waals surface area contributed by atoms with E-state index in [9.17, 15) is 9.59 Å². The molecule has 0 bridgehead atoms.